The number of carbonyl (C=O) groups excluding carboxylic acids is 1. The molecule has 1 amide bonds. The molecular weight excluding hydrogens is 443 g/mol. The average Bonchev–Trinajstić information content (AvgIpc) is 3.21. The maximum atomic E-state index is 12.3. The van der Waals surface area contributed by atoms with Crippen molar-refractivity contribution >= 4 is 28.7 Å². The summed E-state index contributed by atoms with van der Waals surface area (Å²) >= 11 is 2.31. The first kappa shape index (κ1) is 19.9. The Balaban J connectivity index is 1.56. The first-order valence-corrected chi connectivity index (χ1v) is 10.8. The van der Waals surface area contributed by atoms with E-state index in [1.807, 2.05) is 25.7 Å². The van der Waals surface area contributed by atoms with Crippen LogP contribution in [0, 0.1) is 3.70 Å². The van der Waals surface area contributed by atoms with Crippen LogP contribution < -0.4 is 0 Å². The molecule has 2 saturated heterocycles. The Hall–Kier alpha value is -0.830. The van der Waals surface area contributed by atoms with Crippen LogP contribution in [0.5, 0.6) is 0 Å². The Morgan fingerprint density at radius 2 is 1.85 bits per heavy atom. The smallest absolute Gasteiger partial charge is 0.410 e. The molecule has 0 bridgehead atoms. The fourth-order valence-electron chi connectivity index (χ4n) is 3.80. The van der Waals surface area contributed by atoms with Crippen LogP contribution in [0.15, 0.2) is 6.20 Å². The summed E-state index contributed by atoms with van der Waals surface area (Å²) in [6.45, 7) is 11.8. The summed E-state index contributed by atoms with van der Waals surface area (Å²) in [5, 5.41) is 0. The van der Waals surface area contributed by atoms with Crippen LogP contribution in [0.2, 0.25) is 0 Å². The lowest BCUT2D eigenvalue weighted by Gasteiger charge is -2.33. The van der Waals surface area contributed by atoms with Crippen molar-refractivity contribution in [2.24, 2.45) is 0 Å². The van der Waals surface area contributed by atoms with Crippen molar-refractivity contribution in [2.45, 2.75) is 64.5 Å². The lowest BCUT2D eigenvalue weighted by molar-refractivity contribution is 0.0202. The highest BCUT2D eigenvalue weighted by molar-refractivity contribution is 14.1. The Labute approximate surface area is 170 Å². The summed E-state index contributed by atoms with van der Waals surface area (Å²) in [5.41, 5.74) is -0.435. The number of piperidine rings is 1. The van der Waals surface area contributed by atoms with Crippen LogP contribution in [-0.2, 0) is 11.3 Å². The van der Waals surface area contributed by atoms with Crippen molar-refractivity contribution in [3.05, 3.63) is 15.7 Å². The molecule has 0 saturated carbocycles. The highest BCUT2D eigenvalue weighted by Gasteiger charge is 2.29. The molecule has 2 aliphatic rings. The summed E-state index contributed by atoms with van der Waals surface area (Å²) in [6.07, 6.45) is 6.55. The zero-order chi connectivity index (χ0) is 18.7. The number of aromatic nitrogens is 2. The zero-order valence-electron chi connectivity index (χ0n) is 16.2. The molecule has 0 aliphatic carbocycles. The number of hydrogen-bond donors (Lipinski definition) is 0. The topological polar surface area (TPSA) is 50.6 Å². The van der Waals surface area contributed by atoms with Gasteiger partial charge in [0.2, 0.25) is 0 Å². The van der Waals surface area contributed by atoms with Gasteiger partial charge in [-0.15, -0.1) is 0 Å². The van der Waals surface area contributed by atoms with Gasteiger partial charge in [0.25, 0.3) is 0 Å². The molecule has 2 aliphatic heterocycles. The second-order valence-corrected chi connectivity index (χ2v) is 9.51. The van der Waals surface area contributed by atoms with Gasteiger partial charge in [-0.2, -0.15) is 0 Å². The zero-order valence-corrected chi connectivity index (χ0v) is 18.4. The van der Waals surface area contributed by atoms with Gasteiger partial charge in [-0.3, -0.25) is 0 Å². The molecule has 7 heteroatoms. The number of ether oxygens (including phenoxy) is 1. The Kier molecular flexibility index (Phi) is 6.48. The number of carbonyl (C=O) groups is 1. The molecule has 3 heterocycles. The number of imidazole rings is 1. The third-order valence-electron chi connectivity index (χ3n) is 5.15. The highest BCUT2D eigenvalue weighted by atomic mass is 127. The van der Waals surface area contributed by atoms with Crippen LogP contribution in [0.25, 0.3) is 0 Å². The van der Waals surface area contributed by atoms with Crippen molar-refractivity contribution < 1.29 is 9.53 Å². The minimum Gasteiger partial charge on any atom is -0.444 e. The van der Waals surface area contributed by atoms with Gasteiger partial charge in [-0.1, -0.05) is 0 Å². The summed E-state index contributed by atoms with van der Waals surface area (Å²) < 4.78 is 8.91. The van der Waals surface area contributed by atoms with Crippen molar-refractivity contribution in [1.29, 1.82) is 0 Å². The van der Waals surface area contributed by atoms with Crippen molar-refractivity contribution in [3.63, 3.8) is 0 Å². The molecule has 0 aromatic carbocycles. The van der Waals surface area contributed by atoms with E-state index in [-0.39, 0.29) is 6.09 Å². The minimum atomic E-state index is -0.435. The number of likely N-dealkylation sites (tertiary alicyclic amines) is 2. The van der Waals surface area contributed by atoms with E-state index in [9.17, 15) is 4.79 Å². The SMILES string of the molecule is CC(C)(C)OC(=O)N1CCC(c2nc(I)cn2CCN2CCCC2)CC1. The van der Waals surface area contributed by atoms with Gasteiger partial charge in [0.15, 0.2) is 0 Å². The third-order valence-corrected chi connectivity index (χ3v) is 5.67. The molecule has 146 valence electrons. The molecule has 6 nitrogen and oxygen atoms in total. The van der Waals surface area contributed by atoms with Crippen molar-refractivity contribution in [1.82, 2.24) is 19.4 Å². The molecular formula is C19H31IN4O2. The molecule has 1 aromatic heterocycles. The van der Waals surface area contributed by atoms with Crippen molar-refractivity contribution in [3.8, 4) is 0 Å². The van der Waals surface area contributed by atoms with E-state index in [0.717, 1.165) is 42.7 Å². The van der Waals surface area contributed by atoms with E-state index >= 15 is 0 Å². The Bertz CT molecular complexity index is 612. The molecule has 0 spiro atoms. The van der Waals surface area contributed by atoms with Gasteiger partial charge in [0, 0.05) is 38.3 Å². The molecule has 0 atom stereocenters. The Morgan fingerprint density at radius 1 is 1.19 bits per heavy atom. The van der Waals surface area contributed by atoms with Crippen LogP contribution in [0.4, 0.5) is 4.79 Å². The maximum Gasteiger partial charge on any atom is 0.410 e. The first-order valence-electron chi connectivity index (χ1n) is 9.75. The van der Waals surface area contributed by atoms with Crippen LogP contribution in [0.3, 0.4) is 0 Å². The van der Waals surface area contributed by atoms with E-state index in [1.54, 1.807) is 0 Å². The number of amides is 1. The highest BCUT2D eigenvalue weighted by Crippen LogP contribution is 2.29. The predicted molar refractivity (Wildman–Crippen MR) is 110 cm³/mol. The largest absolute Gasteiger partial charge is 0.444 e. The van der Waals surface area contributed by atoms with E-state index in [0.29, 0.717) is 5.92 Å². The van der Waals surface area contributed by atoms with Crippen LogP contribution in [0.1, 0.15) is 58.2 Å². The van der Waals surface area contributed by atoms with Gasteiger partial charge in [0.1, 0.15) is 15.1 Å². The first-order chi connectivity index (χ1) is 12.3. The summed E-state index contributed by atoms with van der Waals surface area (Å²) in [5.74, 6) is 1.62. The van der Waals surface area contributed by atoms with Gasteiger partial charge in [-0.25, -0.2) is 9.78 Å². The lowest BCUT2D eigenvalue weighted by atomic mass is 9.96. The lowest BCUT2D eigenvalue weighted by Crippen LogP contribution is -2.41. The number of nitrogens with zero attached hydrogens (tertiary/aromatic N) is 4. The fourth-order valence-corrected chi connectivity index (χ4v) is 4.39. The second kappa shape index (κ2) is 8.46. The van der Waals surface area contributed by atoms with Crippen LogP contribution in [-0.4, -0.2) is 63.8 Å². The molecule has 0 N–H and O–H groups in total. The molecule has 2 fully saturated rings. The van der Waals surface area contributed by atoms with E-state index in [1.165, 1.54) is 31.8 Å². The summed E-state index contributed by atoms with van der Waals surface area (Å²) in [6, 6.07) is 0. The monoisotopic (exact) mass is 474 g/mol. The Morgan fingerprint density at radius 3 is 2.46 bits per heavy atom. The molecule has 1 aromatic rings. The van der Waals surface area contributed by atoms with E-state index < -0.39 is 5.60 Å². The van der Waals surface area contributed by atoms with Gasteiger partial charge in [0.05, 0.1) is 0 Å². The normalized spacial score (nSPS) is 19.9. The molecule has 26 heavy (non-hydrogen) atoms. The van der Waals surface area contributed by atoms with Gasteiger partial charge >= 0.3 is 6.09 Å². The second-order valence-electron chi connectivity index (χ2n) is 8.41. The van der Waals surface area contributed by atoms with Crippen molar-refractivity contribution in [2.75, 3.05) is 32.7 Å². The maximum absolute atomic E-state index is 12.3. The average molecular weight is 474 g/mol. The van der Waals surface area contributed by atoms with Gasteiger partial charge in [-0.05, 0) is 82.1 Å². The third kappa shape index (κ3) is 5.34. The predicted octanol–water partition coefficient (Wildman–Crippen LogP) is 3.70. The van der Waals surface area contributed by atoms with Gasteiger partial charge < -0.3 is 19.1 Å². The number of rotatable bonds is 4. The summed E-state index contributed by atoms with van der Waals surface area (Å²) in [7, 11) is 0. The van der Waals surface area contributed by atoms with E-state index in [2.05, 4.69) is 38.3 Å². The number of hydrogen-bond acceptors (Lipinski definition) is 4. The molecule has 0 unspecified atom stereocenters. The number of halogens is 1. The quantitative estimate of drug-likeness (QED) is 0.625. The van der Waals surface area contributed by atoms with E-state index in [4.69, 9.17) is 9.72 Å². The fraction of sp³-hybridized carbons (Fsp3) is 0.789. The summed E-state index contributed by atoms with van der Waals surface area (Å²) in [4.78, 5) is 21.4. The van der Waals surface area contributed by atoms with Crippen LogP contribution >= 0.6 is 22.6 Å². The standard InChI is InChI=1S/C19H31IN4O2/c1-19(2,3)26-18(25)23-10-6-15(7-11-23)17-21-16(20)14-24(17)13-12-22-8-4-5-9-22/h14-15H,4-13H2,1-3H3. The molecule has 3 rings (SSSR count). The molecule has 0 radical (unpaired) electrons. The minimum absolute atomic E-state index is 0.192.